The third-order valence-corrected chi connectivity index (χ3v) is 5.15. The predicted molar refractivity (Wildman–Crippen MR) is 105 cm³/mol. The lowest BCUT2D eigenvalue weighted by Crippen LogP contribution is -2.39. The molecule has 0 saturated heterocycles. The first-order valence-electron chi connectivity index (χ1n) is 8.49. The maximum Gasteiger partial charge on any atom is 0.106 e. The van der Waals surface area contributed by atoms with E-state index >= 15 is 0 Å². The maximum atomic E-state index is 4.40. The van der Waals surface area contributed by atoms with Gasteiger partial charge >= 0.3 is 0 Å². The van der Waals surface area contributed by atoms with Crippen LogP contribution in [0.25, 0.3) is 39.2 Å². The maximum absolute atomic E-state index is 4.40. The molecule has 3 aromatic carbocycles. The number of fused-ring (bicyclic) bond motifs is 2. The van der Waals surface area contributed by atoms with Gasteiger partial charge in [0.25, 0.3) is 0 Å². The molecule has 2 heteroatoms. The SMILES string of the molecule is C=c1n(C)c2c(C)c3ccccc3c3cccc(c32)n1C(C)(C)C. The number of benzene rings is 3. The Kier molecular flexibility index (Phi) is 2.99. The summed E-state index contributed by atoms with van der Waals surface area (Å²) in [7, 11) is 2.13. The molecule has 0 bridgehead atoms. The third kappa shape index (κ3) is 1.83. The molecule has 0 atom stereocenters. The van der Waals surface area contributed by atoms with Crippen LogP contribution < -0.4 is 5.48 Å². The van der Waals surface area contributed by atoms with E-state index in [1.165, 1.54) is 38.1 Å². The van der Waals surface area contributed by atoms with E-state index in [1.807, 2.05) is 0 Å². The van der Waals surface area contributed by atoms with E-state index in [9.17, 15) is 0 Å². The fourth-order valence-electron chi connectivity index (χ4n) is 4.15. The average molecular weight is 316 g/mol. The first-order chi connectivity index (χ1) is 11.3. The van der Waals surface area contributed by atoms with Crippen LogP contribution in [0.15, 0.2) is 42.5 Å². The monoisotopic (exact) mass is 316 g/mol. The Morgan fingerprint density at radius 3 is 2.17 bits per heavy atom. The van der Waals surface area contributed by atoms with Gasteiger partial charge in [0.1, 0.15) is 5.48 Å². The molecular formula is C22H24N2. The molecule has 0 fully saturated rings. The number of aryl methyl sites for hydroxylation is 2. The van der Waals surface area contributed by atoms with Gasteiger partial charge in [-0.05, 0) is 55.5 Å². The van der Waals surface area contributed by atoms with Crippen LogP contribution >= 0.6 is 0 Å². The van der Waals surface area contributed by atoms with Gasteiger partial charge in [-0.25, -0.2) is 0 Å². The standard InChI is InChI=1S/C22H24N2/c1-14-16-10-7-8-11-17(16)18-12-9-13-19-20(18)21(14)23(6)15(2)24(19)22(3,4)5/h7-13H,2H2,1,3-6H3. The first-order valence-corrected chi connectivity index (χ1v) is 8.49. The molecule has 122 valence electrons. The molecule has 1 heterocycles. The van der Waals surface area contributed by atoms with Gasteiger partial charge in [0.2, 0.25) is 0 Å². The minimum atomic E-state index is -0.0309. The molecule has 0 aliphatic heterocycles. The third-order valence-electron chi connectivity index (χ3n) is 5.15. The topological polar surface area (TPSA) is 9.86 Å². The van der Waals surface area contributed by atoms with Crippen molar-refractivity contribution in [2.24, 2.45) is 7.05 Å². The van der Waals surface area contributed by atoms with Crippen molar-refractivity contribution in [3.63, 3.8) is 0 Å². The van der Waals surface area contributed by atoms with E-state index < -0.39 is 0 Å². The molecule has 24 heavy (non-hydrogen) atoms. The molecule has 0 spiro atoms. The van der Waals surface area contributed by atoms with Crippen LogP contribution in [0, 0.1) is 6.92 Å². The Morgan fingerprint density at radius 2 is 1.50 bits per heavy atom. The first kappa shape index (κ1) is 15.1. The van der Waals surface area contributed by atoms with Crippen molar-refractivity contribution >= 4 is 39.2 Å². The van der Waals surface area contributed by atoms with E-state index in [1.54, 1.807) is 0 Å². The Labute approximate surface area is 142 Å². The molecule has 4 rings (SSSR count). The average Bonchev–Trinajstić information content (AvgIpc) is 2.53. The molecule has 0 aliphatic rings. The minimum Gasteiger partial charge on any atom is -0.330 e. The van der Waals surface area contributed by atoms with Crippen LogP contribution in [-0.4, -0.2) is 9.13 Å². The van der Waals surface area contributed by atoms with Crippen LogP contribution in [0.4, 0.5) is 0 Å². The van der Waals surface area contributed by atoms with Gasteiger partial charge < -0.3 is 9.13 Å². The zero-order chi connectivity index (χ0) is 17.2. The van der Waals surface area contributed by atoms with Crippen molar-refractivity contribution < 1.29 is 0 Å². The summed E-state index contributed by atoms with van der Waals surface area (Å²) in [5.41, 5.74) is 4.86. The van der Waals surface area contributed by atoms with Gasteiger partial charge in [-0.15, -0.1) is 0 Å². The summed E-state index contributed by atoms with van der Waals surface area (Å²) in [6, 6.07) is 15.3. The molecule has 0 amide bonds. The normalized spacial score (nSPS) is 12.5. The Balaban J connectivity index is 2.45. The summed E-state index contributed by atoms with van der Waals surface area (Å²) in [5, 5.41) is 5.29. The molecule has 0 aliphatic carbocycles. The second-order valence-electron chi connectivity index (χ2n) is 7.70. The van der Waals surface area contributed by atoms with Crippen molar-refractivity contribution in [3.05, 3.63) is 53.5 Å². The summed E-state index contributed by atoms with van der Waals surface area (Å²) >= 11 is 0. The van der Waals surface area contributed by atoms with Gasteiger partial charge in [-0.1, -0.05) is 43.0 Å². The number of hydrogen-bond acceptors (Lipinski definition) is 0. The van der Waals surface area contributed by atoms with Gasteiger partial charge in [-0.2, -0.15) is 0 Å². The van der Waals surface area contributed by atoms with E-state index in [-0.39, 0.29) is 5.54 Å². The van der Waals surface area contributed by atoms with Crippen molar-refractivity contribution in [1.82, 2.24) is 9.13 Å². The number of rotatable bonds is 0. The van der Waals surface area contributed by atoms with E-state index in [0.29, 0.717) is 0 Å². The van der Waals surface area contributed by atoms with E-state index in [4.69, 9.17) is 0 Å². The Morgan fingerprint density at radius 1 is 0.875 bits per heavy atom. The lowest BCUT2D eigenvalue weighted by atomic mass is 9.94. The lowest BCUT2D eigenvalue weighted by molar-refractivity contribution is 0.387. The molecular weight excluding hydrogens is 292 g/mol. The van der Waals surface area contributed by atoms with E-state index in [2.05, 4.69) is 92.9 Å². The van der Waals surface area contributed by atoms with E-state index in [0.717, 1.165) is 5.48 Å². The highest BCUT2D eigenvalue weighted by molar-refractivity contribution is 6.21. The number of hydrogen-bond donors (Lipinski definition) is 0. The molecule has 2 nitrogen and oxygen atoms in total. The summed E-state index contributed by atoms with van der Waals surface area (Å²) in [4.78, 5) is 0. The summed E-state index contributed by atoms with van der Waals surface area (Å²) in [6.07, 6.45) is 0. The van der Waals surface area contributed by atoms with Crippen molar-refractivity contribution in [1.29, 1.82) is 0 Å². The van der Waals surface area contributed by atoms with Gasteiger partial charge in [0.15, 0.2) is 0 Å². The van der Waals surface area contributed by atoms with Gasteiger partial charge in [0.05, 0.1) is 11.0 Å². The molecule has 0 N–H and O–H groups in total. The van der Waals surface area contributed by atoms with Crippen LogP contribution in [0.3, 0.4) is 0 Å². The summed E-state index contributed by atoms with van der Waals surface area (Å²) in [6.45, 7) is 13.3. The smallest absolute Gasteiger partial charge is 0.106 e. The largest absolute Gasteiger partial charge is 0.330 e. The van der Waals surface area contributed by atoms with Gasteiger partial charge in [-0.3, -0.25) is 0 Å². The molecule has 1 aromatic heterocycles. The zero-order valence-corrected chi connectivity index (χ0v) is 15.1. The van der Waals surface area contributed by atoms with Crippen molar-refractivity contribution in [2.75, 3.05) is 0 Å². The Bertz CT molecular complexity index is 1160. The minimum absolute atomic E-state index is 0.0309. The lowest BCUT2D eigenvalue weighted by Gasteiger charge is -2.30. The fourth-order valence-corrected chi connectivity index (χ4v) is 4.15. The van der Waals surface area contributed by atoms with Crippen LogP contribution in [0.5, 0.6) is 0 Å². The fraction of sp³-hybridized carbons (Fsp3) is 0.273. The van der Waals surface area contributed by atoms with Gasteiger partial charge in [0, 0.05) is 18.0 Å². The summed E-state index contributed by atoms with van der Waals surface area (Å²) < 4.78 is 4.61. The summed E-state index contributed by atoms with van der Waals surface area (Å²) in [5.74, 6) is 0. The molecule has 0 unspecified atom stereocenters. The number of nitrogens with zero attached hydrogens (tertiary/aromatic N) is 2. The highest BCUT2D eigenvalue weighted by Gasteiger charge is 2.20. The molecule has 4 aromatic rings. The Hall–Kier alpha value is -2.48. The van der Waals surface area contributed by atoms with Crippen LogP contribution in [0.1, 0.15) is 26.3 Å². The van der Waals surface area contributed by atoms with Crippen LogP contribution in [-0.2, 0) is 12.6 Å². The molecule has 0 radical (unpaired) electrons. The highest BCUT2D eigenvalue weighted by Crippen LogP contribution is 2.36. The predicted octanol–water partition coefficient (Wildman–Crippen LogP) is 5.04. The number of aromatic nitrogens is 2. The van der Waals surface area contributed by atoms with Crippen molar-refractivity contribution in [3.8, 4) is 0 Å². The second-order valence-corrected chi connectivity index (χ2v) is 7.70. The second kappa shape index (κ2) is 4.76. The zero-order valence-electron chi connectivity index (χ0n) is 15.1. The quantitative estimate of drug-likeness (QED) is 0.318. The highest BCUT2D eigenvalue weighted by atomic mass is 15.1. The molecule has 0 saturated carbocycles. The van der Waals surface area contributed by atoms with Crippen LogP contribution in [0.2, 0.25) is 0 Å². The van der Waals surface area contributed by atoms with Crippen molar-refractivity contribution in [2.45, 2.75) is 33.2 Å².